The Morgan fingerprint density at radius 2 is 1.80 bits per heavy atom. The molecule has 1 aromatic heterocycles. The van der Waals surface area contributed by atoms with Crippen molar-refractivity contribution in [3.8, 4) is 0 Å². The molecule has 0 amide bonds. The fraction of sp³-hybridized carbons (Fsp3) is 0.706. The molecule has 0 aliphatic rings. The molecular formula is C17H31N3. The smallest absolute Gasteiger partial charge is 0.126 e. The molecule has 0 fully saturated rings. The Balaban J connectivity index is 2.91. The molecule has 20 heavy (non-hydrogen) atoms. The van der Waals surface area contributed by atoms with E-state index in [4.69, 9.17) is 4.98 Å². The number of pyridine rings is 1. The van der Waals surface area contributed by atoms with E-state index >= 15 is 0 Å². The first kappa shape index (κ1) is 17.0. The van der Waals surface area contributed by atoms with Crippen LogP contribution < -0.4 is 10.6 Å². The standard InChI is InChI=1S/C17H31N3/c1-7-13(8-2)12-19-16-10-14(11-18-6)9-15(20-16)17(3,4)5/h9-10,13,18H,7-8,11-12H2,1-6H3,(H,19,20). The van der Waals surface area contributed by atoms with E-state index in [1.807, 2.05) is 7.05 Å². The summed E-state index contributed by atoms with van der Waals surface area (Å²) in [5, 5.41) is 6.74. The zero-order chi connectivity index (χ0) is 15.2. The van der Waals surface area contributed by atoms with Crippen LogP contribution in [0.5, 0.6) is 0 Å². The van der Waals surface area contributed by atoms with Gasteiger partial charge in [0, 0.05) is 24.2 Å². The zero-order valence-corrected chi connectivity index (χ0v) is 14.0. The van der Waals surface area contributed by atoms with Crippen molar-refractivity contribution in [2.24, 2.45) is 5.92 Å². The molecule has 114 valence electrons. The Bertz CT molecular complexity index is 403. The van der Waals surface area contributed by atoms with Crippen LogP contribution in [0.3, 0.4) is 0 Å². The van der Waals surface area contributed by atoms with E-state index in [2.05, 4.69) is 57.4 Å². The van der Waals surface area contributed by atoms with Crippen LogP contribution in [0.15, 0.2) is 12.1 Å². The lowest BCUT2D eigenvalue weighted by Gasteiger charge is -2.21. The van der Waals surface area contributed by atoms with Crippen molar-refractivity contribution in [1.29, 1.82) is 0 Å². The highest BCUT2D eigenvalue weighted by molar-refractivity contribution is 5.41. The van der Waals surface area contributed by atoms with Gasteiger partial charge in [0.2, 0.25) is 0 Å². The van der Waals surface area contributed by atoms with Crippen molar-refractivity contribution < 1.29 is 0 Å². The summed E-state index contributed by atoms with van der Waals surface area (Å²) < 4.78 is 0. The van der Waals surface area contributed by atoms with Crippen LogP contribution in [0.4, 0.5) is 5.82 Å². The molecule has 0 unspecified atom stereocenters. The molecule has 1 rings (SSSR count). The van der Waals surface area contributed by atoms with Crippen LogP contribution in [0, 0.1) is 5.92 Å². The maximum Gasteiger partial charge on any atom is 0.126 e. The molecule has 0 saturated carbocycles. The van der Waals surface area contributed by atoms with Crippen molar-refractivity contribution in [3.63, 3.8) is 0 Å². The molecule has 3 nitrogen and oxygen atoms in total. The zero-order valence-electron chi connectivity index (χ0n) is 14.0. The summed E-state index contributed by atoms with van der Waals surface area (Å²) in [6.45, 7) is 13.0. The minimum Gasteiger partial charge on any atom is -0.370 e. The van der Waals surface area contributed by atoms with Gasteiger partial charge in [-0.3, -0.25) is 0 Å². The van der Waals surface area contributed by atoms with Crippen molar-refractivity contribution in [2.75, 3.05) is 18.9 Å². The van der Waals surface area contributed by atoms with Gasteiger partial charge < -0.3 is 10.6 Å². The molecular weight excluding hydrogens is 246 g/mol. The predicted molar refractivity (Wildman–Crippen MR) is 88.3 cm³/mol. The Morgan fingerprint density at radius 1 is 1.15 bits per heavy atom. The summed E-state index contributed by atoms with van der Waals surface area (Å²) in [5.41, 5.74) is 2.52. The second-order valence-corrected chi connectivity index (χ2v) is 6.59. The fourth-order valence-corrected chi connectivity index (χ4v) is 2.19. The lowest BCUT2D eigenvalue weighted by molar-refractivity contribution is 0.517. The number of anilines is 1. The normalized spacial score (nSPS) is 11.9. The lowest BCUT2D eigenvalue weighted by Crippen LogP contribution is -2.19. The van der Waals surface area contributed by atoms with Gasteiger partial charge in [-0.2, -0.15) is 0 Å². The van der Waals surface area contributed by atoms with E-state index in [0.717, 1.165) is 30.5 Å². The van der Waals surface area contributed by atoms with Crippen LogP contribution >= 0.6 is 0 Å². The second-order valence-electron chi connectivity index (χ2n) is 6.59. The van der Waals surface area contributed by atoms with Gasteiger partial charge in [-0.25, -0.2) is 4.98 Å². The molecule has 3 heteroatoms. The molecule has 2 N–H and O–H groups in total. The van der Waals surface area contributed by atoms with Crippen molar-refractivity contribution in [2.45, 2.75) is 59.4 Å². The summed E-state index contributed by atoms with van der Waals surface area (Å²) in [5.74, 6) is 1.73. The maximum atomic E-state index is 4.79. The Labute approximate surface area is 124 Å². The molecule has 0 aliphatic heterocycles. The number of aromatic nitrogens is 1. The number of hydrogen-bond acceptors (Lipinski definition) is 3. The molecule has 0 spiro atoms. The number of hydrogen-bond donors (Lipinski definition) is 2. The van der Waals surface area contributed by atoms with Crippen LogP contribution in [0.1, 0.15) is 58.7 Å². The van der Waals surface area contributed by atoms with Crippen LogP contribution in [0.25, 0.3) is 0 Å². The highest BCUT2D eigenvalue weighted by atomic mass is 15.0. The second kappa shape index (κ2) is 7.63. The average molecular weight is 277 g/mol. The molecule has 0 atom stereocenters. The number of nitrogens with zero attached hydrogens (tertiary/aromatic N) is 1. The molecule has 1 aromatic rings. The van der Waals surface area contributed by atoms with E-state index in [1.54, 1.807) is 0 Å². The van der Waals surface area contributed by atoms with E-state index in [0.29, 0.717) is 0 Å². The summed E-state index contributed by atoms with van der Waals surface area (Å²) in [6.07, 6.45) is 2.43. The Kier molecular flexibility index (Phi) is 6.47. The summed E-state index contributed by atoms with van der Waals surface area (Å²) in [6, 6.07) is 4.37. The van der Waals surface area contributed by atoms with Gasteiger partial charge in [0.05, 0.1) is 0 Å². The monoisotopic (exact) mass is 277 g/mol. The first-order chi connectivity index (χ1) is 9.40. The fourth-order valence-electron chi connectivity index (χ4n) is 2.19. The van der Waals surface area contributed by atoms with Gasteiger partial charge in [0.15, 0.2) is 0 Å². The summed E-state index contributed by atoms with van der Waals surface area (Å²) in [7, 11) is 1.98. The number of nitrogens with one attached hydrogen (secondary N) is 2. The van der Waals surface area contributed by atoms with Crippen molar-refractivity contribution in [1.82, 2.24) is 10.3 Å². The SMILES string of the molecule is CCC(CC)CNc1cc(CNC)cc(C(C)(C)C)n1. The Hall–Kier alpha value is -1.09. The third-order valence-corrected chi connectivity index (χ3v) is 3.76. The van der Waals surface area contributed by atoms with Crippen molar-refractivity contribution >= 4 is 5.82 Å². The van der Waals surface area contributed by atoms with Gasteiger partial charge >= 0.3 is 0 Å². The summed E-state index contributed by atoms with van der Waals surface area (Å²) >= 11 is 0. The Morgan fingerprint density at radius 3 is 2.30 bits per heavy atom. The molecule has 0 saturated heterocycles. The van der Waals surface area contributed by atoms with Gasteiger partial charge in [-0.15, -0.1) is 0 Å². The van der Waals surface area contributed by atoms with Crippen molar-refractivity contribution in [3.05, 3.63) is 23.4 Å². The van der Waals surface area contributed by atoms with E-state index in [-0.39, 0.29) is 5.41 Å². The predicted octanol–water partition coefficient (Wildman–Crippen LogP) is 3.95. The van der Waals surface area contributed by atoms with Crippen LogP contribution in [-0.2, 0) is 12.0 Å². The van der Waals surface area contributed by atoms with E-state index in [9.17, 15) is 0 Å². The third kappa shape index (κ3) is 5.12. The van der Waals surface area contributed by atoms with Gasteiger partial charge in [-0.1, -0.05) is 47.5 Å². The van der Waals surface area contributed by atoms with Crippen LogP contribution in [0.2, 0.25) is 0 Å². The maximum absolute atomic E-state index is 4.79. The van der Waals surface area contributed by atoms with Gasteiger partial charge in [0.25, 0.3) is 0 Å². The quantitative estimate of drug-likeness (QED) is 0.792. The molecule has 0 radical (unpaired) electrons. The first-order valence-corrected chi connectivity index (χ1v) is 7.80. The molecule has 0 bridgehead atoms. The highest BCUT2D eigenvalue weighted by Crippen LogP contribution is 2.23. The average Bonchev–Trinajstić information content (AvgIpc) is 2.39. The van der Waals surface area contributed by atoms with Gasteiger partial charge in [0.1, 0.15) is 5.82 Å². The lowest BCUT2D eigenvalue weighted by atomic mass is 9.90. The molecule has 0 aromatic carbocycles. The minimum absolute atomic E-state index is 0.0785. The van der Waals surface area contributed by atoms with Crippen LogP contribution in [-0.4, -0.2) is 18.6 Å². The topological polar surface area (TPSA) is 37.0 Å². The van der Waals surface area contributed by atoms with Gasteiger partial charge in [-0.05, 0) is 30.7 Å². The molecule has 0 aliphatic carbocycles. The first-order valence-electron chi connectivity index (χ1n) is 7.80. The van der Waals surface area contributed by atoms with E-state index < -0.39 is 0 Å². The third-order valence-electron chi connectivity index (χ3n) is 3.76. The highest BCUT2D eigenvalue weighted by Gasteiger charge is 2.17. The largest absolute Gasteiger partial charge is 0.370 e. The number of rotatable bonds is 7. The minimum atomic E-state index is 0.0785. The molecule has 1 heterocycles. The summed E-state index contributed by atoms with van der Waals surface area (Å²) in [4.78, 5) is 4.79. The van der Waals surface area contributed by atoms with E-state index in [1.165, 1.54) is 18.4 Å².